The molecule has 5 rings (SSSR count). The molecule has 0 bridgehead atoms. The monoisotopic (exact) mass is 680 g/mol. The lowest BCUT2D eigenvalue weighted by Crippen LogP contribution is -2.78. The molecule has 1 unspecified atom stereocenters. The van der Waals surface area contributed by atoms with Crippen LogP contribution in [0.5, 0.6) is 11.5 Å². The fourth-order valence-corrected chi connectivity index (χ4v) is 9.31. The lowest BCUT2D eigenvalue weighted by Gasteiger charge is -2.67. The Bertz CT molecular complexity index is 1590. The quantitative estimate of drug-likeness (QED) is 0.179. The SMILES string of the molecule is COc1ccc(/C=C/C(=O)O[C@H]2CC[C@@]3(C)C(=CC[C@]4(O)C3C[C@@H](OC(=O)/C=C(\C)C(C)C)[C@@]3(C)[C@]4(O)CC[C@@]3(O)C(C)=O)C2)cc1OC. The van der Waals surface area contributed by atoms with Crippen LogP contribution in [0, 0.1) is 22.7 Å². The molecule has 1 aromatic carbocycles. The molecular weight excluding hydrogens is 628 g/mol. The molecule has 0 radical (unpaired) electrons. The van der Waals surface area contributed by atoms with Crippen molar-refractivity contribution in [3.8, 4) is 11.5 Å². The van der Waals surface area contributed by atoms with E-state index in [1.807, 2.05) is 39.8 Å². The summed E-state index contributed by atoms with van der Waals surface area (Å²) in [7, 11) is 3.10. The van der Waals surface area contributed by atoms with Crippen molar-refractivity contribution in [2.45, 2.75) is 115 Å². The number of ether oxygens (including phenoxy) is 4. The first-order chi connectivity index (χ1) is 22.9. The molecule has 8 atom stereocenters. The third-order valence-corrected chi connectivity index (χ3v) is 12.7. The second kappa shape index (κ2) is 13.0. The normalized spacial score (nSPS) is 37.1. The smallest absolute Gasteiger partial charge is 0.331 e. The molecule has 4 aliphatic carbocycles. The second-order valence-corrected chi connectivity index (χ2v) is 15.3. The van der Waals surface area contributed by atoms with Crippen molar-refractivity contribution in [1.82, 2.24) is 0 Å². The summed E-state index contributed by atoms with van der Waals surface area (Å²) in [6.07, 6.45) is 6.56. The summed E-state index contributed by atoms with van der Waals surface area (Å²) in [5.74, 6) is -0.968. The average Bonchev–Trinajstić information content (AvgIpc) is 3.29. The summed E-state index contributed by atoms with van der Waals surface area (Å²) in [5, 5.41) is 37.2. The summed E-state index contributed by atoms with van der Waals surface area (Å²) in [4.78, 5) is 39.3. The van der Waals surface area contributed by atoms with Gasteiger partial charge >= 0.3 is 11.9 Å². The van der Waals surface area contributed by atoms with Crippen LogP contribution in [-0.2, 0) is 23.9 Å². The van der Waals surface area contributed by atoms with E-state index in [0.717, 1.165) is 16.7 Å². The summed E-state index contributed by atoms with van der Waals surface area (Å²) in [5.41, 5.74) is -5.39. The number of carbonyl (C=O) groups is 3. The van der Waals surface area contributed by atoms with Crippen LogP contribution >= 0.6 is 0 Å². The zero-order chi connectivity index (χ0) is 36.2. The van der Waals surface area contributed by atoms with E-state index in [2.05, 4.69) is 0 Å². The maximum Gasteiger partial charge on any atom is 0.331 e. The Balaban J connectivity index is 1.41. The third kappa shape index (κ3) is 5.73. The number of carbonyl (C=O) groups excluding carboxylic acids is 3. The van der Waals surface area contributed by atoms with Crippen LogP contribution in [0.4, 0.5) is 0 Å². The van der Waals surface area contributed by atoms with E-state index < -0.39 is 63.5 Å². The van der Waals surface area contributed by atoms with Gasteiger partial charge in [0.2, 0.25) is 0 Å². The van der Waals surface area contributed by atoms with E-state index in [1.165, 1.54) is 19.1 Å². The lowest BCUT2D eigenvalue weighted by atomic mass is 9.42. The molecule has 3 saturated carbocycles. The number of ketones is 1. The number of rotatable bonds is 9. The van der Waals surface area contributed by atoms with Gasteiger partial charge in [-0.2, -0.15) is 0 Å². The van der Waals surface area contributed by atoms with Crippen LogP contribution in [0.2, 0.25) is 0 Å². The Kier molecular flexibility index (Phi) is 9.77. The Morgan fingerprint density at radius 3 is 2.27 bits per heavy atom. The summed E-state index contributed by atoms with van der Waals surface area (Å²) in [6, 6.07) is 5.33. The minimum absolute atomic E-state index is 0.0343. The van der Waals surface area contributed by atoms with Gasteiger partial charge in [-0.25, -0.2) is 9.59 Å². The van der Waals surface area contributed by atoms with Crippen molar-refractivity contribution in [2.75, 3.05) is 14.2 Å². The van der Waals surface area contributed by atoms with Gasteiger partial charge in [0.15, 0.2) is 17.3 Å². The van der Waals surface area contributed by atoms with Crippen molar-refractivity contribution >= 4 is 23.8 Å². The standard InChI is InChI=1S/C39H52O10/c1-23(2)24(3)19-34(42)49-32-22-31-35(5)15-14-28(48-33(41)12-10-26-9-11-29(46-7)30(20-26)47-8)21-27(35)13-16-38(31,44)39(45)18-17-37(43,25(4)40)36(32,39)6/h9-13,19-20,23,28,31-32,43-45H,14-18,21-22H2,1-8H3/b12-10+,24-19+/t28-,31?,32+,35-,36+,37+,38-,39+/m0/s1. The third-order valence-electron chi connectivity index (χ3n) is 12.7. The fraction of sp³-hybridized carbons (Fsp3) is 0.615. The van der Waals surface area contributed by atoms with Crippen molar-refractivity contribution in [1.29, 1.82) is 0 Å². The van der Waals surface area contributed by atoms with Gasteiger partial charge in [-0.3, -0.25) is 4.79 Å². The zero-order valence-electron chi connectivity index (χ0n) is 30.0. The van der Waals surface area contributed by atoms with Crippen molar-refractivity contribution in [3.05, 3.63) is 53.1 Å². The minimum atomic E-state index is -2.01. The number of Topliss-reactive ketones (excluding diaryl/α,β-unsaturated/α-hetero) is 1. The van der Waals surface area contributed by atoms with Gasteiger partial charge in [0.05, 0.1) is 19.6 Å². The largest absolute Gasteiger partial charge is 0.493 e. The van der Waals surface area contributed by atoms with Gasteiger partial charge in [0, 0.05) is 24.5 Å². The number of benzene rings is 1. The Morgan fingerprint density at radius 1 is 0.939 bits per heavy atom. The van der Waals surface area contributed by atoms with E-state index in [9.17, 15) is 29.7 Å². The first kappa shape index (κ1) is 36.8. The van der Waals surface area contributed by atoms with Crippen LogP contribution in [0.1, 0.15) is 92.1 Å². The summed E-state index contributed by atoms with van der Waals surface area (Å²) >= 11 is 0. The molecule has 10 nitrogen and oxygen atoms in total. The van der Waals surface area contributed by atoms with E-state index in [0.29, 0.717) is 30.8 Å². The maximum absolute atomic E-state index is 13.3. The van der Waals surface area contributed by atoms with Crippen molar-refractivity contribution in [3.63, 3.8) is 0 Å². The number of esters is 2. The van der Waals surface area contributed by atoms with E-state index >= 15 is 0 Å². The van der Waals surface area contributed by atoms with Gasteiger partial charge in [-0.05, 0) is 94.4 Å². The first-order valence-corrected chi connectivity index (χ1v) is 17.3. The van der Waals surface area contributed by atoms with Crippen molar-refractivity contribution < 1.29 is 48.7 Å². The topological polar surface area (TPSA) is 149 Å². The van der Waals surface area contributed by atoms with E-state index in [4.69, 9.17) is 18.9 Å². The van der Waals surface area contributed by atoms with Gasteiger partial charge < -0.3 is 34.3 Å². The minimum Gasteiger partial charge on any atom is -0.493 e. The molecule has 1 aromatic rings. The molecule has 0 aromatic heterocycles. The van der Waals surface area contributed by atoms with Crippen LogP contribution in [-0.4, -0.2) is 76.3 Å². The fourth-order valence-electron chi connectivity index (χ4n) is 9.31. The van der Waals surface area contributed by atoms with Crippen LogP contribution < -0.4 is 9.47 Å². The Labute approximate surface area is 289 Å². The molecule has 3 N–H and O–H groups in total. The van der Waals surface area contributed by atoms with Crippen molar-refractivity contribution in [2.24, 2.45) is 22.7 Å². The summed E-state index contributed by atoms with van der Waals surface area (Å²) < 4.78 is 22.6. The molecule has 3 fully saturated rings. The van der Waals surface area contributed by atoms with Gasteiger partial charge in [0.25, 0.3) is 0 Å². The molecular formula is C39H52O10. The molecule has 0 aliphatic heterocycles. The van der Waals surface area contributed by atoms with Gasteiger partial charge in [0.1, 0.15) is 29.0 Å². The summed E-state index contributed by atoms with van der Waals surface area (Å²) in [6.45, 7) is 10.7. The molecule has 0 spiro atoms. The predicted molar refractivity (Wildman–Crippen MR) is 183 cm³/mol. The van der Waals surface area contributed by atoms with Gasteiger partial charge in [-0.1, -0.05) is 44.1 Å². The maximum atomic E-state index is 13.3. The van der Waals surface area contributed by atoms with E-state index in [1.54, 1.807) is 39.4 Å². The van der Waals surface area contributed by atoms with Crippen LogP contribution in [0.25, 0.3) is 6.08 Å². The van der Waals surface area contributed by atoms with E-state index in [-0.39, 0.29) is 31.6 Å². The molecule has 10 heteroatoms. The molecule has 0 amide bonds. The highest BCUT2D eigenvalue weighted by Gasteiger charge is 2.81. The number of hydrogen-bond donors (Lipinski definition) is 3. The first-order valence-electron chi connectivity index (χ1n) is 17.3. The molecule has 268 valence electrons. The number of fused-ring (bicyclic) bond motifs is 5. The highest BCUT2D eigenvalue weighted by Crippen LogP contribution is 2.71. The lowest BCUT2D eigenvalue weighted by molar-refractivity contribution is -0.314. The highest BCUT2D eigenvalue weighted by molar-refractivity contribution is 5.88. The Hall–Kier alpha value is -3.47. The number of methoxy groups -OCH3 is 2. The zero-order valence-corrected chi connectivity index (χ0v) is 30.0. The highest BCUT2D eigenvalue weighted by atomic mass is 16.6. The predicted octanol–water partition coefficient (Wildman–Crippen LogP) is 5.27. The number of allylic oxidation sites excluding steroid dienone is 1. The number of hydrogen-bond acceptors (Lipinski definition) is 10. The molecule has 0 heterocycles. The molecule has 0 saturated heterocycles. The molecule has 4 aliphatic rings. The van der Waals surface area contributed by atoms with Crippen LogP contribution in [0.15, 0.2) is 47.6 Å². The van der Waals surface area contributed by atoms with Crippen LogP contribution in [0.3, 0.4) is 0 Å². The number of aliphatic hydroxyl groups is 3. The molecule has 49 heavy (non-hydrogen) atoms. The van der Waals surface area contributed by atoms with Gasteiger partial charge in [-0.15, -0.1) is 0 Å². The average molecular weight is 681 g/mol. The Morgan fingerprint density at radius 2 is 1.63 bits per heavy atom. The second-order valence-electron chi connectivity index (χ2n) is 15.3.